The molecule has 0 radical (unpaired) electrons. The van der Waals surface area contributed by atoms with Gasteiger partial charge in [-0.3, -0.25) is 0 Å². The molecule has 1 saturated carbocycles. The minimum absolute atomic E-state index is 0.0522. The summed E-state index contributed by atoms with van der Waals surface area (Å²) in [6.07, 6.45) is 5.50. The van der Waals surface area contributed by atoms with Crippen molar-refractivity contribution in [1.29, 1.82) is 0 Å². The van der Waals surface area contributed by atoms with Crippen LogP contribution in [0.2, 0.25) is 5.11 Å². The maximum Gasteiger partial charge on any atom is 0.0944 e. The Morgan fingerprint density at radius 1 is 1.27 bits per heavy atom. The molecule has 3 rings (SSSR count). The maximum atomic E-state index is 12.0. The molecule has 1 aromatic carbocycles. The predicted molar refractivity (Wildman–Crippen MR) is 102 cm³/mol. The number of rotatable bonds is 2. The summed E-state index contributed by atoms with van der Waals surface area (Å²) in [6, 6.07) is 6.42. The highest BCUT2D eigenvalue weighted by Crippen LogP contribution is 2.64. The van der Waals surface area contributed by atoms with E-state index >= 15 is 0 Å². The Bertz CT molecular complexity index is 579. The third kappa shape index (κ3) is 2.25. The molecular weight excluding hydrogens is 337 g/mol. The molecule has 2 aliphatic rings. The number of halogens is 1. The summed E-state index contributed by atoms with van der Waals surface area (Å²) in [5.74, 6) is 0. The van der Waals surface area contributed by atoms with E-state index < -0.39 is 5.60 Å². The van der Waals surface area contributed by atoms with Crippen LogP contribution in [0.1, 0.15) is 36.8 Å². The average Bonchev–Trinajstić information content (AvgIpc) is 2.70. The van der Waals surface area contributed by atoms with Gasteiger partial charge in [0.15, 0.2) is 0 Å². The van der Waals surface area contributed by atoms with Crippen LogP contribution >= 0.6 is 15.9 Å². The molecule has 0 amide bonds. The Morgan fingerprint density at radius 2 is 1.91 bits per heavy atom. The molecule has 1 N–H and O–H groups in total. The van der Waals surface area contributed by atoms with E-state index in [9.17, 15) is 5.11 Å². The van der Waals surface area contributed by atoms with Crippen LogP contribution in [0.3, 0.4) is 0 Å². The van der Waals surface area contributed by atoms with Gasteiger partial charge in [-0.15, -0.1) is 0 Å². The Labute approximate surface area is 144 Å². The molecule has 0 saturated heterocycles. The van der Waals surface area contributed by atoms with Gasteiger partial charge in [-0.05, 0) is 55.4 Å². The number of hydrogen-bond donors (Lipinski definition) is 1. The quantitative estimate of drug-likeness (QED) is 0.789. The molecule has 0 aliphatic heterocycles. The lowest BCUT2D eigenvalue weighted by Crippen LogP contribution is -2.54. The van der Waals surface area contributed by atoms with Crippen LogP contribution < -0.4 is 0 Å². The van der Waals surface area contributed by atoms with Gasteiger partial charge in [0.2, 0.25) is 0 Å². The third-order valence-corrected chi connectivity index (χ3v) is 6.56. The number of aliphatic hydroxyl groups is 1. The molecule has 0 aromatic heterocycles. The first-order valence-corrected chi connectivity index (χ1v) is 9.07. The Balaban J connectivity index is 2.09. The molecule has 1 atom stereocenters. The van der Waals surface area contributed by atoms with Crippen molar-refractivity contribution in [1.82, 2.24) is 0 Å². The van der Waals surface area contributed by atoms with Crippen molar-refractivity contribution in [2.45, 2.75) is 48.9 Å². The highest BCUT2D eigenvalue weighted by atomic mass is 79.9. The fourth-order valence-corrected chi connectivity index (χ4v) is 5.30. The highest BCUT2D eigenvalue weighted by Gasteiger charge is 2.61. The molecule has 6 heteroatoms. The van der Waals surface area contributed by atoms with E-state index in [2.05, 4.69) is 57.7 Å². The second-order valence-electron chi connectivity index (χ2n) is 8.15. The van der Waals surface area contributed by atoms with E-state index in [1.807, 2.05) is 0 Å². The summed E-state index contributed by atoms with van der Waals surface area (Å²) in [7, 11) is 8.33. The lowest BCUT2D eigenvalue weighted by Gasteiger charge is -2.54. The first-order chi connectivity index (χ1) is 10.2. The molecule has 2 nitrogen and oxygen atoms in total. The van der Waals surface area contributed by atoms with Crippen molar-refractivity contribution in [3.63, 3.8) is 0 Å². The van der Waals surface area contributed by atoms with Crippen molar-refractivity contribution in [3.8, 4) is 0 Å². The Morgan fingerprint density at radius 3 is 2.45 bits per heavy atom. The van der Waals surface area contributed by atoms with Crippen LogP contribution in [0.25, 0.3) is 0 Å². The minimum Gasteiger partial charge on any atom is -0.386 e. The second-order valence-corrected chi connectivity index (χ2v) is 9.07. The second kappa shape index (κ2) is 5.42. The van der Waals surface area contributed by atoms with Gasteiger partial charge in [-0.1, -0.05) is 27.1 Å². The van der Waals surface area contributed by atoms with E-state index in [1.165, 1.54) is 5.56 Å². The number of fused-ring (bicyclic) bond motifs is 1. The van der Waals surface area contributed by atoms with E-state index in [0.717, 1.165) is 42.1 Å². The Hall–Kier alpha value is -0.185. The summed E-state index contributed by atoms with van der Waals surface area (Å²) in [6.45, 7) is 0. The van der Waals surface area contributed by atoms with Crippen molar-refractivity contribution in [2.24, 2.45) is 5.41 Å². The molecule has 0 heterocycles. The van der Waals surface area contributed by atoms with Gasteiger partial charge in [-0.2, -0.15) is 0 Å². The van der Waals surface area contributed by atoms with E-state index in [-0.39, 0.29) is 10.5 Å². The summed E-state index contributed by atoms with van der Waals surface area (Å²) in [5, 5.41) is 11.8. The molecule has 2 aliphatic carbocycles. The first kappa shape index (κ1) is 16.7. The summed E-state index contributed by atoms with van der Waals surface area (Å²) in [4.78, 5) is 0. The van der Waals surface area contributed by atoms with E-state index in [4.69, 9.17) is 4.74 Å². The zero-order valence-corrected chi connectivity index (χ0v) is 15.7. The molecule has 1 fully saturated rings. The van der Waals surface area contributed by atoms with Crippen LogP contribution in [0.5, 0.6) is 0 Å². The van der Waals surface area contributed by atoms with Crippen molar-refractivity contribution in [3.05, 3.63) is 33.8 Å². The van der Waals surface area contributed by atoms with Gasteiger partial charge in [0.1, 0.15) is 0 Å². The lowest BCUT2D eigenvalue weighted by molar-refractivity contribution is -0.114. The number of hydrogen-bond acceptors (Lipinski definition) is 2. The van der Waals surface area contributed by atoms with Gasteiger partial charge < -0.3 is 9.84 Å². The fraction of sp³-hybridized carbons (Fsp3) is 0.625. The van der Waals surface area contributed by atoms with Crippen LogP contribution in [-0.4, -0.2) is 41.9 Å². The smallest absolute Gasteiger partial charge is 0.0944 e. The highest BCUT2D eigenvalue weighted by molar-refractivity contribution is 9.10. The molecule has 1 aromatic rings. The first-order valence-electron chi connectivity index (χ1n) is 8.28. The predicted octanol–water partition coefficient (Wildman–Crippen LogP) is 0.741. The zero-order valence-electron chi connectivity index (χ0n) is 14.1. The van der Waals surface area contributed by atoms with Gasteiger partial charge in [0, 0.05) is 17.0 Å². The van der Waals surface area contributed by atoms with Gasteiger partial charge >= 0.3 is 0 Å². The Kier molecular flexibility index (Phi) is 4.11. The average molecular weight is 361 g/mol. The van der Waals surface area contributed by atoms with E-state index in [1.54, 1.807) is 7.11 Å². The summed E-state index contributed by atoms with van der Waals surface area (Å²) >= 11 is 3.59. The minimum atomic E-state index is -0.780. The van der Waals surface area contributed by atoms with Crippen LogP contribution in [0.15, 0.2) is 22.7 Å². The molecular formula is C16H24B3BrO2. The zero-order chi connectivity index (χ0) is 16.2. The fourth-order valence-electron chi connectivity index (χ4n) is 4.94. The van der Waals surface area contributed by atoms with Crippen LogP contribution in [0, 0.1) is 5.41 Å². The van der Waals surface area contributed by atoms with Crippen LogP contribution in [-0.2, 0) is 16.8 Å². The van der Waals surface area contributed by atoms with Crippen LogP contribution in [0.4, 0.5) is 0 Å². The molecule has 0 bridgehead atoms. The van der Waals surface area contributed by atoms with Gasteiger partial charge in [0.25, 0.3) is 0 Å². The third-order valence-electron chi connectivity index (χ3n) is 6.07. The summed E-state index contributed by atoms with van der Waals surface area (Å²) < 4.78 is 6.61. The lowest BCUT2D eigenvalue weighted by atomic mass is 9.31. The molecule has 1 spiro atoms. The topological polar surface area (TPSA) is 29.5 Å². The van der Waals surface area contributed by atoms with Gasteiger partial charge in [0.05, 0.1) is 35.2 Å². The molecule has 116 valence electrons. The van der Waals surface area contributed by atoms with Crippen molar-refractivity contribution >= 4 is 39.5 Å². The van der Waals surface area contributed by atoms with Crippen molar-refractivity contribution in [2.75, 3.05) is 7.11 Å². The number of methoxy groups -OCH3 is 1. The number of ether oxygens (including phenoxy) is 1. The SMILES string of the molecule is BC(B)(B)C1(O)c2cc(Br)ccc2C[C@]12CC[C@@H](OC)CC2. The monoisotopic (exact) mass is 360 g/mol. The van der Waals surface area contributed by atoms with E-state index in [0.29, 0.717) is 6.10 Å². The van der Waals surface area contributed by atoms with Gasteiger partial charge in [-0.25, -0.2) is 0 Å². The normalized spacial score (nSPS) is 34.8. The standard InChI is InChI=1S/C16H24B3BrO2/c1-22-12-4-6-14(7-5-12)9-10-2-3-11(20)8-13(10)15(14,21)16(17,18)19/h2-3,8,12,21H,4-7,9,17-19H2,1H3/t12-,14-,15?. The molecule has 1 unspecified atom stereocenters. The maximum absolute atomic E-state index is 12.0. The largest absolute Gasteiger partial charge is 0.386 e. The van der Waals surface area contributed by atoms with Crippen molar-refractivity contribution < 1.29 is 9.84 Å². The number of benzene rings is 1. The molecule has 22 heavy (non-hydrogen) atoms. The summed E-state index contributed by atoms with van der Waals surface area (Å²) in [5.41, 5.74) is 1.61.